The normalized spacial score (nSPS) is 25.2. The van der Waals surface area contributed by atoms with Crippen molar-refractivity contribution in [2.75, 3.05) is 13.1 Å². The van der Waals surface area contributed by atoms with Crippen molar-refractivity contribution in [3.8, 4) is 0 Å². The van der Waals surface area contributed by atoms with Gasteiger partial charge in [0.2, 0.25) is 5.91 Å². The van der Waals surface area contributed by atoms with Crippen LogP contribution in [0.15, 0.2) is 0 Å². The zero-order valence-electron chi connectivity index (χ0n) is 12.5. The second-order valence-electron chi connectivity index (χ2n) is 6.79. The molecule has 0 bridgehead atoms. The lowest BCUT2D eigenvalue weighted by atomic mass is 9.67. The standard InChI is InChI=1S/C16H30N2O/c1-2-15(8-7-9-15)13-18-14(19)16(12-17)10-5-3-4-6-11-16/h2-13,17H2,1H3,(H,18,19). The maximum Gasteiger partial charge on any atom is 0.227 e. The molecule has 0 aliphatic heterocycles. The molecule has 0 unspecified atom stereocenters. The molecule has 3 heteroatoms. The van der Waals surface area contributed by atoms with Crippen molar-refractivity contribution in [2.45, 2.75) is 71.1 Å². The highest BCUT2D eigenvalue weighted by molar-refractivity contribution is 5.83. The highest BCUT2D eigenvalue weighted by Gasteiger charge is 2.40. The largest absolute Gasteiger partial charge is 0.355 e. The molecule has 0 spiro atoms. The summed E-state index contributed by atoms with van der Waals surface area (Å²) in [4.78, 5) is 12.6. The van der Waals surface area contributed by atoms with E-state index in [0.717, 1.165) is 32.2 Å². The summed E-state index contributed by atoms with van der Waals surface area (Å²) in [5.41, 5.74) is 6.10. The fraction of sp³-hybridized carbons (Fsp3) is 0.938. The van der Waals surface area contributed by atoms with Crippen molar-refractivity contribution in [3.63, 3.8) is 0 Å². The SMILES string of the molecule is CCC1(CNC(=O)C2(CN)CCCCCC2)CCC1. The van der Waals surface area contributed by atoms with Crippen LogP contribution in [0.4, 0.5) is 0 Å². The van der Waals surface area contributed by atoms with Crippen molar-refractivity contribution in [2.24, 2.45) is 16.6 Å². The van der Waals surface area contributed by atoms with Gasteiger partial charge in [-0.3, -0.25) is 4.79 Å². The van der Waals surface area contributed by atoms with Crippen LogP contribution in [-0.4, -0.2) is 19.0 Å². The molecule has 110 valence electrons. The molecule has 0 aromatic carbocycles. The summed E-state index contributed by atoms with van der Waals surface area (Å²) in [6.07, 6.45) is 11.9. The number of carbonyl (C=O) groups excluding carboxylic acids is 1. The van der Waals surface area contributed by atoms with Crippen LogP contribution in [0, 0.1) is 10.8 Å². The van der Waals surface area contributed by atoms with E-state index in [9.17, 15) is 4.79 Å². The molecule has 2 saturated carbocycles. The number of carbonyl (C=O) groups is 1. The molecule has 0 radical (unpaired) electrons. The van der Waals surface area contributed by atoms with E-state index in [1.165, 1.54) is 38.5 Å². The van der Waals surface area contributed by atoms with Crippen molar-refractivity contribution in [3.05, 3.63) is 0 Å². The summed E-state index contributed by atoms with van der Waals surface area (Å²) in [6, 6.07) is 0. The average molecular weight is 266 g/mol. The smallest absolute Gasteiger partial charge is 0.227 e. The van der Waals surface area contributed by atoms with Gasteiger partial charge in [0, 0.05) is 13.1 Å². The Kier molecular flexibility index (Phi) is 4.88. The number of nitrogens with two attached hydrogens (primary N) is 1. The predicted molar refractivity (Wildman–Crippen MR) is 78.8 cm³/mol. The first-order valence-corrected chi connectivity index (χ1v) is 8.15. The topological polar surface area (TPSA) is 55.1 Å². The van der Waals surface area contributed by atoms with Crippen molar-refractivity contribution < 1.29 is 4.79 Å². The Labute approximate surface area is 117 Å². The van der Waals surface area contributed by atoms with Crippen molar-refractivity contribution >= 4 is 5.91 Å². The Balaban J connectivity index is 1.92. The van der Waals surface area contributed by atoms with Gasteiger partial charge in [0.1, 0.15) is 0 Å². The Hall–Kier alpha value is -0.570. The van der Waals surface area contributed by atoms with Gasteiger partial charge in [-0.05, 0) is 37.5 Å². The Morgan fingerprint density at radius 1 is 1.05 bits per heavy atom. The molecular formula is C16H30N2O. The molecule has 2 aliphatic rings. The molecule has 0 saturated heterocycles. The second kappa shape index (κ2) is 6.25. The zero-order valence-corrected chi connectivity index (χ0v) is 12.5. The monoisotopic (exact) mass is 266 g/mol. The van der Waals surface area contributed by atoms with Gasteiger partial charge in [-0.15, -0.1) is 0 Å². The number of amides is 1. The third-order valence-corrected chi connectivity index (χ3v) is 5.72. The summed E-state index contributed by atoms with van der Waals surface area (Å²) >= 11 is 0. The molecule has 0 atom stereocenters. The van der Waals surface area contributed by atoms with E-state index in [0.29, 0.717) is 12.0 Å². The average Bonchev–Trinajstić information content (AvgIpc) is 2.64. The van der Waals surface area contributed by atoms with Crippen LogP contribution >= 0.6 is 0 Å². The van der Waals surface area contributed by atoms with E-state index in [-0.39, 0.29) is 11.3 Å². The Morgan fingerprint density at radius 3 is 2.11 bits per heavy atom. The van der Waals surface area contributed by atoms with Gasteiger partial charge >= 0.3 is 0 Å². The summed E-state index contributed by atoms with van der Waals surface area (Å²) in [5, 5.41) is 3.25. The molecule has 19 heavy (non-hydrogen) atoms. The van der Waals surface area contributed by atoms with Crippen LogP contribution in [0.25, 0.3) is 0 Å². The van der Waals surface area contributed by atoms with E-state index in [1.54, 1.807) is 0 Å². The first kappa shape index (κ1) is 14.8. The maximum atomic E-state index is 12.6. The number of rotatable bonds is 5. The fourth-order valence-electron chi connectivity index (χ4n) is 3.72. The third kappa shape index (κ3) is 3.13. The van der Waals surface area contributed by atoms with E-state index in [2.05, 4.69) is 12.2 Å². The van der Waals surface area contributed by atoms with Crippen LogP contribution < -0.4 is 11.1 Å². The zero-order chi connectivity index (χ0) is 13.8. The molecule has 0 heterocycles. The first-order chi connectivity index (χ1) is 9.16. The molecule has 2 fully saturated rings. The quantitative estimate of drug-likeness (QED) is 0.752. The van der Waals surface area contributed by atoms with Gasteiger partial charge in [-0.2, -0.15) is 0 Å². The van der Waals surface area contributed by atoms with Crippen LogP contribution in [0.5, 0.6) is 0 Å². The van der Waals surface area contributed by atoms with Gasteiger partial charge < -0.3 is 11.1 Å². The molecular weight excluding hydrogens is 236 g/mol. The van der Waals surface area contributed by atoms with Crippen LogP contribution in [-0.2, 0) is 4.79 Å². The summed E-state index contributed by atoms with van der Waals surface area (Å²) < 4.78 is 0. The maximum absolute atomic E-state index is 12.6. The van der Waals surface area contributed by atoms with E-state index in [1.807, 2.05) is 0 Å². The van der Waals surface area contributed by atoms with E-state index >= 15 is 0 Å². The lowest BCUT2D eigenvalue weighted by molar-refractivity contribution is -0.132. The van der Waals surface area contributed by atoms with Crippen molar-refractivity contribution in [1.29, 1.82) is 0 Å². The number of nitrogens with one attached hydrogen (secondary N) is 1. The molecule has 0 aromatic rings. The van der Waals surface area contributed by atoms with Crippen LogP contribution in [0.1, 0.15) is 71.1 Å². The van der Waals surface area contributed by atoms with E-state index in [4.69, 9.17) is 5.73 Å². The Morgan fingerprint density at radius 2 is 1.68 bits per heavy atom. The third-order valence-electron chi connectivity index (χ3n) is 5.72. The minimum Gasteiger partial charge on any atom is -0.355 e. The summed E-state index contributed by atoms with van der Waals surface area (Å²) in [7, 11) is 0. The van der Waals surface area contributed by atoms with Crippen LogP contribution in [0.2, 0.25) is 0 Å². The molecule has 1 amide bonds. The molecule has 2 aliphatic carbocycles. The summed E-state index contributed by atoms with van der Waals surface area (Å²) in [5.74, 6) is 0.233. The molecule has 3 nitrogen and oxygen atoms in total. The van der Waals surface area contributed by atoms with Crippen LogP contribution in [0.3, 0.4) is 0 Å². The van der Waals surface area contributed by atoms with Gasteiger partial charge in [-0.1, -0.05) is 39.0 Å². The first-order valence-electron chi connectivity index (χ1n) is 8.15. The number of hydrogen-bond donors (Lipinski definition) is 2. The highest BCUT2D eigenvalue weighted by atomic mass is 16.2. The minimum atomic E-state index is -0.269. The molecule has 0 aromatic heterocycles. The molecule has 2 rings (SSSR count). The van der Waals surface area contributed by atoms with Gasteiger partial charge in [0.15, 0.2) is 0 Å². The lowest BCUT2D eigenvalue weighted by Crippen LogP contribution is -2.50. The van der Waals surface area contributed by atoms with Gasteiger partial charge in [0.05, 0.1) is 5.41 Å². The minimum absolute atomic E-state index is 0.233. The predicted octanol–water partition coefficient (Wildman–Crippen LogP) is 2.98. The Bertz CT molecular complexity index is 296. The van der Waals surface area contributed by atoms with Crippen molar-refractivity contribution in [1.82, 2.24) is 5.32 Å². The summed E-state index contributed by atoms with van der Waals surface area (Å²) in [6.45, 7) is 3.62. The fourth-order valence-corrected chi connectivity index (χ4v) is 3.72. The van der Waals surface area contributed by atoms with Gasteiger partial charge in [-0.25, -0.2) is 0 Å². The highest BCUT2D eigenvalue weighted by Crippen LogP contribution is 2.43. The lowest BCUT2D eigenvalue weighted by Gasteiger charge is -2.42. The molecule has 3 N–H and O–H groups in total. The number of hydrogen-bond acceptors (Lipinski definition) is 2. The van der Waals surface area contributed by atoms with E-state index < -0.39 is 0 Å². The van der Waals surface area contributed by atoms with Gasteiger partial charge in [0.25, 0.3) is 0 Å². The second-order valence-corrected chi connectivity index (χ2v) is 6.79.